The molecule has 3 fully saturated rings. The van der Waals surface area contributed by atoms with Gasteiger partial charge in [0.15, 0.2) is 0 Å². The van der Waals surface area contributed by atoms with E-state index in [4.69, 9.17) is 11.6 Å². The average molecular weight is 539 g/mol. The van der Waals surface area contributed by atoms with E-state index in [0.717, 1.165) is 86.8 Å². The number of likely N-dealkylation sites (tertiary alicyclic amines) is 1. The van der Waals surface area contributed by atoms with E-state index in [-0.39, 0.29) is 23.7 Å². The standard InChI is InChI=1S/C29H39ClN6O2/c1-34-27-23(16-32-34)18-36(26-9-8-24(30)14-25(26)33-27)29(38)22-6-4-19(5-7-22)15-31-28(37)21-10-12-35(13-11-21)17-20-2-3-20/h8-9,14,16,19-22,33H,2-7,10-13,15,17-18H2,1H3,(H,31,37). The van der Waals surface area contributed by atoms with E-state index in [2.05, 4.69) is 20.6 Å². The number of hydrogen-bond donors (Lipinski definition) is 2. The molecule has 2 amide bonds. The fraction of sp³-hybridized carbons (Fsp3) is 0.621. The van der Waals surface area contributed by atoms with Crippen molar-refractivity contribution in [2.24, 2.45) is 30.7 Å². The molecule has 2 saturated carbocycles. The summed E-state index contributed by atoms with van der Waals surface area (Å²) < 4.78 is 1.80. The molecule has 6 rings (SSSR count). The molecule has 1 aromatic heterocycles. The molecule has 3 heterocycles. The maximum Gasteiger partial charge on any atom is 0.230 e. The van der Waals surface area contributed by atoms with Crippen LogP contribution in [0.5, 0.6) is 0 Å². The number of halogens is 1. The lowest BCUT2D eigenvalue weighted by Crippen LogP contribution is -2.43. The Balaban J connectivity index is 1.02. The molecule has 0 radical (unpaired) electrons. The lowest BCUT2D eigenvalue weighted by molar-refractivity contribution is -0.127. The van der Waals surface area contributed by atoms with Gasteiger partial charge in [-0.2, -0.15) is 5.10 Å². The molecular formula is C29H39ClN6O2. The van der Waals surface area contributed by atoms with Gasteiger partial charge in [0.05, 0.1) is 24.1 Å². The zero-order valence-corrected chi connectivity index (χ0v) is 23.1. The predicted molar refractivity (Wildman–Crippen MR) is 149 cm³/mol. The van der Waals surface area contributed by atoms with Gasteiger partial charge in [-0.15, -0.1) is 0 Å². The normalized spacial score (nSPS) is 24.2. The van der Waals surface area contributed by atoms with Crippen LogP contribution in [0.4, 0.5) is 17.2 Å². The average Bonchev–Trinajstić information content (AvgIpc) is 3.71. The lowest BCUT2D eigenvalue weighted by atomic mass is 9.81. The molecule has 1 aromatic carbocycles. The summed E-state index contributed by atoms with van der Waals surface area (Å²) in [6.07, 6.45) is 10.2. The highest BCUT2D eigenvalue weighted by molar-refractivity contribution is 6.31. The van der Waals surface area contributed by atoms with Crippen LogP contribution < -0.4 is 15.5 Å². The molecule has 0 spiro atoms. The maximum absolute atomic E-state index is 13.8. The number of carbonyl (C=O) groups excluding carboxylic acids is 2. The lowest BCUT2D eigenvalue weighted by Gasteiger charge is -2.33. The molecule has 9 heteroatoms. The van der Waals surface area contributed by atoms with E-state index in [1.54, 1.807) is 4.68 Å². The summed E-state index contributed by atoms with van der Waals surface area (Å²) in [7, 11) is 1.89. The number of aromatic nitrogens is 2. The summed E-state index contributed by atoms with van der Waals surface area (Å²) >= 11 is 6.29. The third-order valence-corrected chi connectivity index (χ3v) is 9.28. The third kappa shape index (κ3) is 5.57. The van der Waals surface area contributed by atoms with Gasteiger partial charge in [0.1, 0.15) is 5.82 Å². The number of carbonyl (C=O) groups is 2. The Labute approximate surface area is 230 Å². The molecule has 2 N–H and O–H groups in total. The van der Waals surface area contributed by atoms with E-state index >= 15 is 0 Å². The van der Waals surface area contributed by atoms with Gasteiger partial charge in [-0.1, -0.05) is 11.6 Å². The molecule has 0 atom stereocenters. The predicted octanol–water partition coefficient (Wildman–Crippen LogP) is 4.71. The number of nitrogens with zero attached hydrogens (tertiary/aromatic N) is 4. The molecule has 2 aliphatic carbocycles. The maximum atomic E-state index is 13.8. The second-order valence-corrected chi connectivity index (χ2v) is 12.3. The fourth-order valence-corrected chi connectivity index (χ4v) is 6.62. The number of anilines is 3. The van der Waals surface area contributed by atoms with E-state index in [0.29, 0.717) is 17.5 Å². The van der Waals surface area contributed by atoms with Crippen LogP contribution in [0, 0.1) is 23.7 Å². The van der Waals surface area contributed by atoms with Crippen molar-refractivity contribution in [3.63, 3.8) is 0 Å². The molecular weight excluding hydrogens is 500 g/mol. The molecule has 38 heavy (non-hydrogen) atoms. The summed E-state index contributed by atoms with van der Waals surface area (Å²) in [6, 6.07) is 5.64. The van der Waals surface area contributed by atoms with Crippen molar-refractivity contribution < 1.29 is 9.59 Å². The summed E-state index contributed by atoms with van der Waals surface area (Å²) in [5.74, 6) is 2.78. The first-order chi connectivity index (χ1) is 18.4. The topological polar surface area (TPSA) is 82.5 Å². The second-order valence-electron chi connectivity index (χ2n) is 11.8. The Hall–Kier alpha value is -2.58. The SMILES string of the molecule is Cn1ncc2c1Nc1cc(Cl)ccc1N(C(=O)C1CCC(CNC(=O)C3CCN(CC4CC4)CC3)CC1)C2. The zero-order chi connectivity index (χ0) is 26.2. The molecule has 1 saturated heterocycles. The molecule has 4 aliphatic rings. The number of rotatable bonds is 6. The first kappa shape index (κ1) is 25.7. The fourth-order valence-electron chi connectivity index (χ4n) is 6.45. The Morgan fingerprint density at radius 3 is 2.50 bits per heavy atom. The van der Waals surface area contributed by atoms with Gasteiger partial charge in [0, 0.05) is 42.6 Å². The van der Waals surface area contributed by atoms with Gasteiger partial charge in [-0.05, 0) is 94.5 Å². The Kier molecular flexibility index (Phi) is 7.36. The summed E-state index contributed by atoms with van der Waals surface area (Å²) in [5.41, 5.74) is 2.67. The molecule has 204 valence electrons. The summed E-state index contributed by atoms with van der Waals surface area (Å²) in [4.78, 5) is 31.1. The van der Waals surface area contributed by atoms with Crippen LogP contribution in [-0.2, 0) is 23.2 Å². The van der Waals surface area contributed by atoms with Gasteiger partial charge in [-0.25, -0.2) is 0 Å². The van der Waals surface area contributed by atoms with Gasteiger partial charge >= 0.3 is 0 Å². The second kappa shape index (κ2) is 10.9. The number of piperidine rings is 1. The van der Waals surface area contributed by atoms with Crippen LogP contribution in [0.15, 0.2) is 24.4 Å². The highest BCUT2D eigenvalue weighted by Gasteiger charge is 2.34. The van der Waals surface area contributed by atoms with Crippen molar-refractivity contribution in [1.29, 1.82) is 0 Å². The van der Waals surface area contributed by atoms with Gasteiger partial charge in [0.25, 0.3) is 0 Å². The van der Waals surface area contributed by atoms with Gasteiger partial charge < -0.3 is 20.4 Å². The minimum absolute atomic E-state index is 0.0144. The molecule has 2 aliphatic heterocycles. The van der Waals surface area contributed by atoms with Gasteiger partial charge in [-0.3, -0.25) is 14.3 Å². The Morgan fingerprint density at radius 1 is 1.03 bits per heavy atom. The minimum atomic E-state index is -0.0144. The number of amides is 2. The van der Waals surface area contributed by atoms with Crippen molar-refractivity contribution in [1.82, 2.24) is 20.0 Å². The first-order valence-electron chi connectivity index (χ1n) is 14.3. The number of aryl methyl sites for hydroxylation is 1. The van der Waals surface area contributed by atoms with Crippen LogP contribution in [0.1, 0.15) is 56.9 Å². The van der Waals surface area contributed by atoms with E-state index in [9.17, 15) is 9.59 Å². The number of benzene rings is 1. The first-order valence-corrected chi connectivity index (χ1v) is 14.7. The molecule has 0 unspecified atom stereocenters. The zero-order valence-electron chi connectivity index (χ0n) is 22.3. The van der Waals surface area contributed by atoms with Gasteiger partial charge in [0.2, 0.25) is 11.8 Å². The van der Waals surface area contributed by atoms with Crippen LogP contribution in [-0.4, -0.2) is 52.7 Å². The van der Waals surface area contributed by atoms with Crippen LogP contribution in [0.25, 0.3) is 0 Å². The van der Waals surface area contributed by atoms with Crippen molar-refractivity contribution in [3.8, 4) is 0 Å². The molecule has 0 bridgehead atoms. The number of fused-ring (bicyclic) bond motifs is 2. The third-order valence-electron chi connectivity index (χ3n) is 9.04. The molecule has 2 aromatic rings. The van der Waals surface area contributed by atoms with Crippen molar-refractivity contribution in [2.45, 2.75) is 57.9 Å². The van der Waals surface area contributed by atoms with E-state index < -0.39 is 0 Å². The van der Waals surface area contributed by atoms with Crippen molar-refractivity contribution >= 4 is 40.6 Å². The van der Waals surface area contributed by atoms with Crippen molar-refractivity contribution in [3.05, 3.63) is 35.0 Å². The van der Waals surface area contributed by atoms with Crippen LogP contribution in [0.3, 0.4) is 0 Å². The van der Waals surface area contributed by atoms with E-state index in [1.165, 1.54) is 19.4 Å². The number of nitrogens with one attached hydrogen (secondary N) is 2. The largest absolute Gasteiger partial charge is 0.356 e. The van der Waals surface area contributed by atoms with E-state index in [1.807, 2.05) is 36.3 Å². The monoisotopic (exact) mass is 538 g/mol. The van der Waals surface area contributed by atoms with Crippen molar-refractivity contribution in [2.75, 3.05) is 36.4 Å². The smallest absolute Gasteiger partial charge is 0.230 e. The molecule has 8 nitrogen and oxygen atoms in total. The minimum Gasteiger partial charge on any atom is -0.356 e. The quantitative estimate of drug-likeness (QED) is 0.556. The Bertz CT molecular complexity index is 1180. The number of hydrogen-bond acceptors (Lipinski definition) is 5. The van der Waals surface area contributed by atoms with Crippen LogP contribution in [0.2, 0.25) is 5.02 Å². The summed E-state index contributed by atoms with van der Waals surface area (Å²) in [5, 5.41) is 11.7. The Morgan fingerprint density at radius 2 is 1.76 bits per heavy atom. The summed E-state index contributed by atoms with van der Waals surface area (Å²) in [6.45, 7) is 4.56. The van der Waals surface area contributed by atoms with Crippen LogP contribution >= 0.6 is 11.6 Å². The highest BCUT2D eigenvalue weighted by atomic mass is 35.5. The highest BCUT2D eigenvalue weighted by Crippen LogP contribution is 2.40.